The molecule has 0 fully saturated rings. The zero-order chi connectivity index (χ0) is 13.0. The van der Waals surface area contributed by atoms with Crippen molar-refractivity contribution in [3.63, 3.8) is 0 Å². The standard InChI is InChI=1S/C15H18FNO/c1-11(17-2)13-8-7-12-5-3-4-6-14(12)15(13)18-10-9-16/h3-8,11,17H,9-10H2,1-2H3. The predicted molar refractivity (Wildman–Crippen MR) is 72.9 cm³/mol. The second kappa shape index (κ2) is 5.83. The van der Waals surface area contributed by atoms with Crippen molar-refractivity contribution in [1.29, 1.82) is 0 Å². The molecule has 2 rings (SSSR count). The number of hydrogen-bond acceptors (Lipinski definition) is 2. The third-order valence-corrected chi connectivity index (χ3v) is 3.13. The predicted octanol–water partition coefficient (Wildman–Crippen LogP) is 3.47. The van der Waals surface area contributed by atoms with E-state index in [0.717, 1.165) is 22.1 Å². The van der Waals surface area contributed by atoms with Crippen molar-refractivity contribution in [1.82, 2.24) is 5.32 Å². The van der Waals surface area contributed by atoms with Gasteiger partial charge in [-0.15, -0.1) is 0 Å². The third-order valence-electron chi connectivity index (χ3n) is 3.13. The number of nitrogens with one attached hydrogen (secondary N) is 1. The van der Waals surface area contributed by atoms with Crippen LogP contribution in [0.3, 0.4) is 0 Å². The number of ether oxygens (including phenoxy) is 1. The first-order valence-electron chi connectivity index (χ1n) is 6.15. The lowest BCUT2D eigenvalue weighted by molar-refractivity contribution is 0.272. The van der Waals surface area contributed by atoms with Crippen LogP contribution in [0, 0.1) is 0 Å². The number of benzene rings is 2. The van der Waals surface area contributed by atoms with Crippen LogP contribution in [0.25, 0.3) is 10.8 Å². The molecule has 0 amide bonds. The van der Waals surface area contributed by atoms with Crippen molar-refractivity contribution in [2.45, 2.75) is 13.0 Å². The van der Waals surface area contributed by atoms with Crippen molar-refractivity contribution < 1.29 is 9.13 Å². The zero-order valence-corrected chi connectivity index (χ0v) is 10.7. The molecule has 0 aliphatic heterocycles. The van der Waals surface area contributed by atoms with E-state index in [1.165, 1.54) is 0 Å². The lowest BCUT2D eigenvalue weighted by Crippen LogP contribution is -2.14. The molecule has 3 heteroatoms. The minimum Gasteiger partial charge on any atom is -0.490 e. The summed E-state index contributed by atoms with van der Waals surface area (Å²) in [6.45, 7) is 1.68. The summed E-state index contributed by atoms with van der Waals surface area (Å²) in [6.07, 6.45) is 0. The van der Waals surface area contributed by atoms with Crippen LogP contribution in [0.4, 0.5) is 4.39 Å². The Labute approximate surface area is 107 Å². The highest BCUT2D eigenvalue weighted by Gasteiger charge is 2.13. The summed E-state index contributed by atoms with van der Waals surface area (Å²) in [5.41, 5.74) is 1.06. The topological polar surface area (TPSA) is 21.3 Å². The number of rotatable bonds is 5. The maximum Gasteiger partial charge on any atom is 0.132 e. The van der Waals surface area contributed by atoms with Crippen LogP contribution in [0.2, 0.25) is 0 Å². The van der Waals surface area contributed by atoms with Crippen LogP contribution in [0.5, 0.6) is 5.75 Å². The van der Waals surface area contributed by atoms with E-state index in [1.807, 2.05) is 37.4 Å². The Morgan fingerprint density at radius 2 is 2.00 bits per heavy atom. The van der Waals surface area contributed by atoms with Gasteiger partial charge in [0.1, 0.15) is 19.0 Å². The van der Waals surface area contributed by atoms with Crippen LogP contribution in [0.1, 0.15) is 18.5 Å². The van der Waals surface area contributed by atoms with Gasteiger partial charge in [-0.2, -0.15) is 0 Å². The summed E-state index contributed by atoms with van der Waals surface area (Å²) in [4.78, 5) is 0. The Kier molecular flexibility index (Phi) is 4.15. The average molecular weight is 247 g/mol. The van der Waals surface area contributed by atoms with Crippen molar-refractivity contribution in [2.24, 2.45) is 0 Å². The van der Waals surface area contributed by atoms with Crippen molar-refractivity contribution in [3.05, 3.63) is 42.0 Å². The largest absolute Gasteiger partial charge is 0.490 e. The number of fused-ring (bicyclic) bond motifs is 1. The second-order valence-electron chi connectivity index (χ2n) is 4.25. The Morgan fingerprint density at radius 3 is 2.72 bits per heavy atom. The lowest BCUT2D eigenvalue weighted by atomic mass is 10.0. The molecule has 0 aromatic heterocycles. The van der Waals surface area contributed by atoms with Crippen molar-refractivity contribution in [2.75, 3.05) is 20.3 Å². The van der Waals surface area contributed by atoms with Crippen LogP contribution in [0.15, 0.2) is 36.4 Å². The highest BCUT2D eigenvalue weighted by atomic mass is 19.1. The van der Waals surface area contributed by atoms with Gasteiger partial charge in [0.05, 0.1) is 0 Å². The summed E-state index contributed by atoms with van der Waals surface area (Å²) >= 11 is 0. The van der Waals surface area contributed by atoms with Gasteiger partial charge in [0.2, 0.25) is 0 Å². The molecule has 0 saturated carbocycles. The molecular weight excluding hydrogens is 229 g/mol. The van der Waals surface area contributed by atoms with E-state index in [4.69, 9.17) is 4.74 Å². The molecule has 0 bridgehead atoms. The van der Waals surface area contributed by atoms with Crippen LogP contribution < -0.4 is 10.1 Å². The number of alkyl halides is 1. The summed E-state index contributed by atoms with van der Waals surface area (Å²) in [6, 6.07) is 12.3. The highest BCUT2D eigenvalue weighted by Crippen LogP contribution is 2.33. The Morgan fingerprint density at radius 1 is 1.22 bits per heavy atom. The van der Waals surface area contributed by atoms with Gasteiger partial charge in [-0.05, 0) is 19.4 Å². The third kappa shape index (κ3) is 2.46. The molecule has 2 aromatic rings. The lowest BCUT2D eigenvalue weighted by Gasteiger charge is -2.18. The van der Waals surface area contributed by atoms with Crippen LogP contribution in [-0.2, 0) is 0 Å². The van der Waals surface area contributed by atoms with Gasteiger partial charge in [0, 0.05) is 17.0 Å². The fourth-order valence-corrected chi connectivity index (χ4v) is 2.06. The minimum atomic E-state index is -0.476. The first-order valence-corrected chi connectivity index (χ1v) is 6.15. The molecule has 2 nitrogen and oxygen atoms in total. The van der Waals surface area contributed by atoms with E-state index in [2.05, 4.69) is 18.3 Å². The average Bonchev–Trinajstić information content (AvgIpc) is 2.43. The Hall–Kier alpha value is -1.61. The molecule has 1 atom stereocenters. The molecule has 0 aliphatic rings. The molecule has 1 N–H and O–H groups in total. The quantitative estimate of drug-likeness (QED) is 0.873. The van der Waals surface area contributed by atoms with Crippen molar-refractivity contribution in [3.8, 4) is 5.75 Å². The van der Waals surface area contributed by atoms with E-state index >= 15 is 0 Å². The van der Waals surface area contributed by atoms with Gasteiger partial charge in [0.15, 0.2) is 0 Å². The summed E-state index contributed by atoms with van der Waals surface area (Å²) in [5, 5.41) is 5.33. The van der Waals surface area contributed by atoms with Gasteiger partial charge in [-0.3, -0.25) is 0 Å². The van der Waals surface area contributed by atoms with Gasteiger partial charge in [-0.25, -0.2) is 4.39 Å². The molecule has 2 aromatic carbocycles. The normalized spacial score (nSPS) is 12.6. The summed E-state index contributed by atoms with van der Waals surface area (Å²) in [5.74, 6) is 0.785. The minimum absolute atomic E-state index is 0.0947. The fourth-order valence-electron chi connectivity index (χ4n) is 2.06. The first-order chi connectivity index (χ1) is 8.77. The SMILES string of the molecule is CNC(C)c1ccc2ccccc2c1OCCF. The highest BCUT2D eigenvalue weighted by molar-refractivity contribution is 5.89. The van der Waals surface area contributed by atoms with E-state index in [1.54, 1.807) is 0 Å². The fraction of sp³-hybridized carbons (Fsp3) is 0.333. The van der Waals surface area contributed by atoms with E-state index in [-0.39, 0.29) is 12.6 Å². The van der Waals surface area contributed by atoms with E-state index in [0.29, 0.717) is 0 Å². The number of hydrogen-bond donors (Lipinski definition) is 1. The maximum atomic E-state index is 12.4. The van der Waals surface area contributed by atoms with Gasteiger partial charge in [0.25, 0.3) is 0 Å². The molecule has 1 unspecified atom stereocenters. The van der Waals surface area contributed by atoms with Crippen LogP contribution >= 0.6 is 0 Å². The van der Waals surface area contributed by atoms with Gasteiger partial charge in [-0.1, -0.05) is 36.4 Å². The molecule has 0 radical (unpaired) electrons. The molecule has 0 spiro atoms. The monoisotopic (exact) mass is 247 g/mol. The Bertz CT molecular complexity index is 527. The van der Waals surface area contributed by atoms with Gasteiger partial charge >= 0.3 is 0 Å². The number of halogens is 1. The summed E-state index contributed by atoms with van der Waals surface area (Å²) in [7, 11) is 1.90. The molecule has 0 aliphatic carbocycles. The molecule has 96 valence electrons. The van der Waals surface area contributed by atoms with E-state index < -0.39 is 6.67 Å². The smallest absolute Gasteiger partial charge is 0.132 e. The molecule has 0 saturated heterocycles. The maximum absolute atomic E-state index is 12.4. The van der Waals surface area contributed by atoms with Crippen LogP contribution in [-0.4, -0.2) is 20.3 Å². The second-order valence-corrected chi connectivity index (χ2v) is 4.25. The Balaban J connectivity index is 2.55. The molecule has 18 heavy (non-hydrogen) atoms. The first kappa shape index (κ1) is 12.8. The van der Waals surface area contributed by atoms with Gasteiger partial charge < -0.3 is 10.1 Å². The molecular formula is C15H18FNO. The zero-order valence-electron chi connectivity index (χ0n) is 10.7. The van der Waals surface area contributed by atoms with E-state index in [9.17, 15) is 4.39 Å². The summed E-state index contributed by atoms with van der Waals surface area (Å²) < 4.78 is 18.0. The molecule has 0 heterocycles. The van der Waals surface area contributed by atoms with Crippen molar-refractivity contribution >= 4 is 10.8 Å².